The maximum absolute atomic E-state index is 14.2. The van der Waals surface area contributed by atoms with Gasteiger partial charge in [-0.1, -0.05) is 17.7 Å². The second kappa shape index (κ2) is 12.3. The van der Waals surface area contributed by atoms with Crippen LogP contribution in [0.5, 0.6) is 0 Å². The van der Waals surface area contributed by atoms with Crippen LogP contribution < -0.4 is 15.5 Å². The number of imide groups is 2. The quantitative estimate of drug-likeness (QED) is 0.200. The van der Waals surface area contributed by atoms with E-state index in [9.17, 15) is 40.7 Å². The van der Waals surface area contributed by atoms with Crippen LogP contribution in [-0.4, -0.2) is 88.6 Å². The van der Waals surface area contributed by atoms with E-state index < -0.39 is 52.7 Å². The molecule has 1 aromatic heterocycles. The van der Waals surface area contributed by atoms with Gasteiger partial charge in [0.2, 0.25) is 5.54 Å². The number of amides is 4. The summed E-state index contributed by atoms with van der Waals surface area (Å²) in [6.07, 6.45) is -6.41. The average Bonchev–Trinajstić information content (AvgIpc) is 3.16. The summed E-state index contributed by atoms with van der Waals surface area (Å²) >= 11 is 0. The molecule has 2 fully saturated rings. The van der Waals surface area contributed by atoms with Crippen molar-refractivity contribution < 1.29 is 40.7 Å². The highest BCUT2D eigenvalue weighted by Crippen LogP contribution is 2.43. The summed E-state index contributed by atoms with van der Waals surface area (Å²) in [6.45, 7) is 6.78. The molecule has 43 heavy (non-hydrogen) atoms. The summed E-state index contributed by atoms with van der Waals surface area (Å²) in [6, 6.07) is 1.48. The minimum Gasteiger partial charge on any atom is -0.369 e. The predicted molar refractivity (Wildman–Crippen MR) is 144 cm³/mol. The molecular weight excluding hydrogens is 584 g/mol. The van der Waals surface area contributed by atoms with Crippen molar-refractivity contribution in [3.05, 3.63) is 53.4 Å². The highest BCUT2D eigenvalue weighted by atomic mass is 19.4. The second-order valence-electron chi connectivity index (χ2n) is 10.2. The fraction of sp³-hybridized carbons (Fsp3) is 0.444. The van der Waals surface area contributed by atoms with Gasteiger partial charge >= 0.3 is 18.4 Å². The number of hydrogen-bond donors (Lipinski definition) is 2. The highest BCUT2D eigenvalue weighted by molar-refractivity contribution is 6.28. The monoisotopic (exact) mass is 613 g/mol. The Balaban J connectivity index is 1.53. The van der Waals surface area contributed by atoms with Crippen LogP contribution in [0.15, 0.2) is 36.7 Å². The molecule has 1 unspecified atom stereocenters. The molecule has 2 saturated heterocycles. The number of urea groups is 1. The van der Waals surface area contributed by atoms with Crippen molar-refractivity contribution >= 4 is 35.6 Å². The summed E-state index contributed by atoms with van der Waals surface area (Å²) in [5.74, 6) is -3.78. The van der Waals surface area contributed by atoms with E-state index in [0.717, 1.165) is 63.7 Å². The number of halogens is 6. The van der Waals surface area contributed by atoms with Crippen molar-refractivity contribution in [3.8, 4) is 0 Å². The number of piperazine rings is 1. The van der Waals surface area contributed by atoms with Crippen LogP contribution in [0.2, 0.25) is 0 Å². The van der Waals surface area contributed by atoms with Gasteiger partial charge in [-0.25, -0.2) is 24.6 Å². The fourth-order valence-corrected chi connectivity index (χ4v) is 4.73. The first-order chi connectivity index (χ1) is 20.1. The first kappa shape index (κ1) is 31.9. The first-order valence-electron chi connectivity index (χ1n) is 13.3. The van der Waals surface area contributed by atoms with Gasteiger partial charge in [-0.3, -0.25) is 9.59 Å². The Morgan fingerprint density at radius 3 is 2.40 bits per heavy atom. The Kier molecular flexibility index (Phi) is 9.11. The van der Waals surface area contributed by atoms with Crippen molar-refractivity contribution in [2.45, 2.75) is 38.2 Å². The zero-order chi connectivity index (χ0) is 31.6. The molecule has 2 aliphatic heterocycles. The first-order valence-corrected chi connectivity index (χ1v) is 13.3. The van der Waals surface area contributed by atoms with E-state index in [4.69, 9.17) is 0 Å². The predicted octanol–water partition coefficient (Wildman–Crippen LogP) is 3.84. The highest BCUT2D eigenvalue weighted by Gasteiger charge is 2.71. The fourth-order valence-electron chi connectivity index (χ4n) is 4.73. The van der Waals surface area contributed by atoms with E-state index >= 15 is 0 Å². The summed E-state index contributed by atoms with van der Waals surface area (Å²) in [7, 11) is 0. The number of nitrogens with zero attached hydrogens (tertiary/aromatic N) is 5. The van der Waals surface area contributed by atoms with Gasteiger partial charge in [-0.15, -0.1) is 0 Å². The lowest BCUT2D eigenvalue weighted by Gasteiger charge is -2.31. The lowest BCUT2D eigenvalue weighted by atomic mass is 9.99. The van der Waals surface area contributed by atoms with Gasteiger partial charge in [0.15, 0.2) is 5.82 Å². The number of aryl methyl sites for hydroxylation is 1. The largest absolute Gasteiger partial charge is 0.421 e. The van der Waals surface area contributed by atoms with Gasteiger partial charge < -0.3 is 15.5 Å². The molecule has 0 spiro atoms. The van der Waals surface area contributed by atoms with Crippen molar-refractivity contribution in [1.29, 1.82) is 0 Å². The van der Waals surface area contributed by atoms with Crippen molar-refractivity contribution in [2.24, 2.45) is 0 Å². The topological polar surface area (TPSA) is 111 Å². The minimum absolute atomic E-state index is 0.0768. The Bertz CT molecular complexity index is 1390. The van der Waals surface area contributed by atoms with Crippen LogP contribution in [0.1, 0.15) is 30.0 Å². The number of anilines is 2. The van der Waals surface area contributed by atoms with Crippen LogP contribution in [-0.2, 0) is 15.8 Å². The van der Waals surface area contributed by atoms with E-state index in [1.165, 1.54) is 13.0 Å². The summed E-state index contributed by atoms with van der Waals surface area (Å²) in [5, 5.41) is 6.26. The Hall–Kier alpha value is -4.05. The third-order valence-electron chi connectivity index (χ3n) is 7.18. The van der Waals surface area contributed by atoms with Crippen molar-refractivity contribution in [2.75, 3.05) is 49.5 Å². The number of carbonyl (C=O) groups is 3. The molecule has 2 N–H and O–H groups in total. The van der Waals surface area contributed by atoms with Crippen LogP contribution in [0.25, 0.3) is 6.08 Å². The van der Waals surface area contributed by atoms with Crippen LogP contribution in [0.4, 0.5) is 42.8 Å². The molecule has 2 aliphatic rings. The molecule has 0 saturated carbocycles. The summed E-state index contributed by atoms with van der Waals surface area (Å²) in [4.78, 5) is 49.1. The van der Waals surface area contributed by atoms with E-state index in [1.807, 2.05) is 0 Å². The van der Waals surface area contributed by atoms with Gasteiger partial charge in [0.05, 0.1) is 18.0 Å². The SMILES string of the molecule is Cc1ccc(/C=C/C(=O)N2C(=O)N(c3cnc(NCCCN4CCNCC4)cn3)C(=O)C2(C)C(F)(F)F)c(C(F)(F)F)c1. The smallest absolute Gasteiger partial charge is 0.369 e. The molecule has 4 rings (SSSR count). The number of nitrogens with one attached hydrogen (secondary N) is 2. The normalized spacial score (nSPS) is 20.4. The number of carbonyl (C=O) groups excluding carboxylic acids is 3. The number of rotatable bonds is 8. The minimum atomic E-state index is -5.43. The zero-order valence-electron chi connectivity index (χ0n) is 23.2. The average molecular weight is 614 g/mol. The third kappa shape index (κ3) is 6.64. The maximum Gasteiger partial charge on any atom is 0.421 e. The van der Waals surface area contributed by atoms with Gasteiger partial charge in [0.25, 0.3) is 11.8 Å². The van der Waals surface area contributed by atoms with E-state index in [1.54, 1.807) is 0 Å². The Labute approximate surface area is 242 Å². The van der Waals surface area contributed by atoms with E-state index in [-0.39, 0.29) is 21.2 Å². The molecule has 0 radical (unpaired) electrons. The van der Waals surface area contributed by atoms with Gasteiger partial charge in [0.1, 0.15) is 5.82 Å². The Morgan fingerprint density at radius 2 is 1.79 bits per heavy atom. The van der Waals surface area contributed by atoms with Crippen LogP contribution in [0, 0.1) is 6.92 Å². The van der Waals surface area contributed by atoms with E-state index in [0.29, 0.717) is 25.6 Å². The second-order valence-corrected chi connectivity index (χ2v) is 10.2. The lowest BCUT2D eigenvalue weighted by molar-refractivity contribution is -0.209. The molecule has 10 nitrogen and oxygen atoms in total. The van der Waals surface area contributed by atoms with E-state index in [2.05, 4.69) is 25.5 Å². The van der Waals surface area contributed by atoms with Crippen molar-refractivity contribution in [1.82, 2.24) is 25.1 Å². The molecular formula is C27H29F6N7O3. The van der Waals surface area contributed by atoms with Gasteiger partial charge in [0, 0.05) is 38.8 Å². The molecule has 0 aliphatic carbocycles. The number of benzene rings is 1. The van der Waals surface area contributed by atoms with Crippen LogP contribution >= 0.6 is 0 Å². The molecule has 232 valence electrons. The standard InChI is InChI=1S/C27H29F6N7O3/c1-17-4-5-18(19(14-17)26(28,29)30)6-7-22(41)40-24(43)39(23(42)25(40,2)27(31,32)33)21-16-36-20(15-37-21)35-8-3-11-38-12-9-34-10-13-38/h4-7,14-16,34H,3,8-13H2,1-2H3,(H,35,36)/b7-6+. The molecule has 1 aromatic carbocycles. The molecule has 4 amide bonds. The number of alkyl halides is 6. The molecule has 3 heterocycles. The third-order valence-corrected chi connectivity index (χ3v) is 7.18. The number of aromatic nitrogens is 2. The molecule has 1 atom stereocenters. The maximum atomic E-state index is 14.2. The summed E-state index contributed by atoms with van der Waals surface area (Å²) < 4.78 is 83.2. The molecule has 16 heteroatoms. The van der Waals surface area contributed by atoms with Crippen LogP contribution in [0.3, 0.4) is 0 Å². The summed E-state index contributed by atoms with van der Waals surface area (Å²) in [5.41, 5.74) is -5.05. The Morgan fingerprint density at radius 1 is 1.09 bits per heavy atom. The van der Waals surface area contributed by atoms with Gasteiger partial charge in [-0.05, 0) is 44.5 Å². The lowest BCUT2D eigenvalue weighted by Crippen LogP contribution is -2.59. The van der Waals surface area contributed by atoms with Crippen molar-refractivity contribution in [3.63, 3.8) is 0 Å². The van der Waals surface area contributed by atoms with Gasteiger partial charge in [-0.2, -0.15) is 26.3 Å². The zero-order valence-corrected chi connectivity index (χ0v) is 23.2. The molecule has 0 bridgehead atoms. The molecule has 2 aromatic rings. The number of hydrogen-bond acceptors (Lipinski definition) is 8.